The van der Waals surface area contributed by atoms with Crippen molar-refractivity contribution in [1.29, 1.82) is 0 Å². The molecule has 0 aliphatic rings. The molecule has 6 heteroatoms. The van der Waals surface area contributed by atoms with Gasteiger partial charge in [0.05, 0.1) is 9.36 Å². The van der Waals surface area contributed by atoms with E-state index >= 15 is 0 Å². The van der Waals surface area contributed by atoms with Crippen molar-refractivity contribution in [1.82, 2.24) is 0 Å². The van der Waals surface area contributed by atoms with Gasteiger partial charge in [0.25, 0.3) is 0 Å². The summed E-state index contributed by atoms with van der Waals surface area (Å²) in [5.74, 6) is -1.53. The molecule has 17 heavy (non-hydrogen) atoms. The minimum absolute atomic E-state index is 0.162. The molecule has 1 aromatic carbocycles. The van der Waals surface area contributed by atoms with Gasteiger partial charge in [0.1, 0.15) is 17.7 Å². The zero-order valence-corrected chi connectivity index (χ0v) is 10.6. The minimum atomic E-state index is -1.25. The molecule has 1 aromatic heterocycles. The number of benzene rings is 1. The van der Waals surface area contributed by atoms with E-state index in [0.29, 0.717) is 9.21 Å². The first-order chi connectivity index (χ1) is 7.99. The van der Waals surface area contributed by atoms with Gasteiger partial charge in [-0.05, 0) is 24.3 Å². The molecule has 0 radical (unpaired) electrons. The van der Waals surface area contributed by atoms with Gasteiger partial charge in [-0.15, -0.1) is 11.3 Å². The number of rotatable bonds is 2. The van der Waals surface area contributed by atoms with Crippen molar-refractivity contribution in [3.05, 3.63) is 55.7 Å². The molecule has 1 nitrogen and oxygen atoms in total. The van der Waals surface area contributed by atoms with E-state index in [2.05, 4.69) is 0 Å². The molecule has 0 bridgehead atoms. The van der Waals surface area contributed by atoms with Gasteiger partial charge < -0.3 is 5.11 Å². The lowest BCUT2D eigenvalue weighted by atomic mass is 10.1. The quantitative estimate of drug-likeness (QED) is 0.813. The van der Waals surface area contributed by atoms with Crippen LogP contribution in [0.3, 0.4) is 0 Å². The van der Waals surface area contributed by atoms with Gasteiger partial charge in [0.2, 0.25) is 0 Å². The molecule has 1 atom stereocenters. The number of thiophene rings is 1. The summed E-state index contributed by atoms with van der Waals surface area (Å²) in [6, 6.07) is 4.86. The molecule has 0 spiro atoms. The van der Waals surface area contributed by atoms with E-state index in [-0.39, 0.29) is 10.6 Å². The fraction of sp³-hybridized carbons (Fsp3) is 0.0909. The molecule has 0 fully saturated rings. The van der Waals surface area contributed by atoms with E-state index in [9.17, 15) is 13.9 Å². The second-order valence-corrected chi connectivity index (χ2v) is 5.49. The van der Waals surface area contributed by atoms with Crippen LogP contribution in [0.5, 0.6) is 0 Å². The van der Waals surface area contributed by atoms with Crippen molar-refractivity contribution >= 4 is 34.5 Å². The normalized spacial score (nSPS) is 12.8. The van der Waals surface area contributed by atoms with Gasteiger partial charge in [-0.3, -0.25) is 0 Å². The maximum absolute atomic E-state index is 13.5. The Kier molecular flexibility index (Phi) is 3.68. The predicted octanol–water partition coefficient (Wildman–Crippen LogP) is 4.41. The van der Waals surface area contributed by atoms with Crippen LogP contribution in [0.15, 0.2) is 24.3 Å². The maximum Gasteiger partial charge on any atom is 0.142 e. The van der Waals surface area contributed by atoms with Crippen molar-refractivity contribution in [3.8, 4) is 0 Å². The smallest absolute Gasteiger partial charge is 0.142 e. The summed E-state index contributed by atoms with van der Waals surface area (Å²) in [7, 11) is 0. The van der Waals surface area contributed by atoms with E-state index in [1.54, 1.807) is 12.1 Å². The van der Waals surface area contributed by atoms with Crippen LogP contribution in [0.1, 0.15) is 16.5 Å². The van der Waals surface area contributed by atoms with E-state index in [0.717, 1.165) is 23.5 Å². The maximum atomic E-state index is 13.5. The zero-order chi connectivity index (χ0) is 12.6. The second-order valence-electron chi connectivity index (χ2n) is 3.33. The average Bonchev–Trinajstić information content (AvgIpc) is 2.69. The van der Waals surface area contributed by atoms with Gasteiger partial charge in [0, 0.05) is 10.4 Å². The molecule has 0 amide bonds. The Labute approximate surface area is 110 Å². The first-order valence-corrected chi connectivity index (χ1v) is 6.14. The van der Waals surface area contributed by atoms with Gasteiger partial charge in [0.15, 0.2) is 0 Å². The summed E-state index contributed by atoms with van der Waals surface area (Å²) < 4.78 is 27.2. The fourth-order valence-corrected chi connectivity index (χ4v) is 2.59. The number of hydrogen-bond donors (Lipinski definition) is 1. The van der Waals surface area contributed by atoms with Crippen LogP contribution in [-0.4, -0.2) is 5.11 Å². The zero-order valence-electron chi connectivity index (χ0n) is 8.25. The molecule has 0 saturated carbocycles. The summed E-state index contributed by atoms with van der Waals surface area (Å²) in [6.07, 6.45) is -1.25. The Hall–Kier alpha value is -0.680. The second kappa shape index (κ2) is 4.90. The molecule has 2 rings (SSSR count). The molecule has 0 saturated heterocycles. The minimum Gasteiger partial charge on any atom is -0.383 e. The van der Waals surface area contributed by atoms with Crippen LogP contribution >= 0.6 is 34.5 Å². The highest BCUT2D eigenvalue weighted by Gasteiger charge is 2.19. The molecule has 90 valence electrons. The third-order valence-corrected chi connectivity index (χ3v) is 3.77. The van der Waals surface area contributed by atoms with Gasteiger partial charge in [-0.25, -0.2) is 8.78 Å². The van der Waals surface area contributed by atoms with E-state index in [1.165, 1.54) is 0 Å². The Balaban J connectivity index is 2.43. The summed E-state index contributed by atoms with van der Waals surface area (Å²) in [5, 5.41) is 9.59. The number of hydrogen-bond acceptors (Lipinski definition) is 2. The van der Waals surface area contributed by atoms with Crippen molar-refractivity contribution < 1.29 is 13.9 Å². The number of halogens is 4. The summed E-state index contributed by atoms with van der Waals surface area (Å²) >= 11 is 12.2. The first-order valence-electron chi connectivity index (χ1n) is 4.57. The highest BCUT2D eigenvalue weighted by Crippen LogP contribution is 2.33. The van der Waals surface area contributed by atoms with E-state index in [4.69, 9.17) is 23.2 Å². The Morgan fingerprint density at radius 2 is 1.82 bits per heavy atom. The van der Waals surface area contributed by atoms with Gasteiger partial charge in [-0.2, -0.15) is 0 Å². The lowest BCUT2D eigenvalue weighted by Gasteiger charge is -2.10. The van der Waals surface area contributed by atoms with Crippen LogP contribution in [-0.2, 0) is 0 Å². The Bertz CT molecular complexity index is 556. The number of aliphatic hydroxyl groups is 1. The molecule has 1 N–H and O–H groups in total. The van der Waals surface area contributed by atoms with Crippen molar-refractivity contribution in [2.75, 3.05) is 0 Å². The molecule has 0 aliphatic heterocycles. The monoisotopic (exact) mass is 294 g/mol. The largest absolute Gasteiger partial charge is 0.383 e. The summed E-state index contributed by atoms with van der Waals surface area (Å²) in [6.45, 7) is 0. The highest BCUT2D eigenvalue weighted by atomic mass is 35.5. The molecular formula is C11H6Cl2F2OS. The molecule has 1 heterocycles. The topological polar surface area (TPSA) is 20.2 Å². The molecule has 0 aliphatic carbocycles. The fourth-order valence-electron chi connectivity index (χ4n) is 1.38. The predicted molar refractivity (Wildman–Crippen MR) is 64.8 cm³/mol. The van der Waals surface area contributed by atoms with E-state index < -0.39 is 17.7 Å². The SMILES string of the molecule is OC(c1ccc(Cl)s1)c1cc(F)c(Cl)cc1F. The summed E-state index contributed by atoms with van der Waals surface area (Å²) in [5.41, 5.74) is -0.162. The first kappa shape index (κ1) is 12.8. The van der Waals surface area contributed by atoms with Crippen LogP contribution in [0, 0.1) is 11.6 Å². The van der Waals surface area contributed by atoms with Crippen molar-refractivity contribution in [2.24, 2.45) is 0 Å². The number of aliphatic hydroxyl groups excluding tert-OH is 1. The van der Waals surface area contributed by atoms with Crippen LogP contribution in [0.2, 0.25) is 9.36 Å². The third kappa shape index (κ3) is 2.60. The molecular weight excluding hydrogens is 289 g/mol. The Morgan fingerprint density at radius 1 is 1.12 bits per heavy atom. The van der Waals surface area contributed by atoms with Gasteiger partial charge >= 0.3 is 0 Å². The molecule has 1 unspecified atom stereocenters. The van der Waals surface area contributed by atoms with Crippen LogP contribution in [0.25, 0.3) is 0 Å². The van der Waals surface area contributed by atoms with E-state index in [1.807, 2.05) is 0 Å². The third-order valence-electron chi connectivity index (χ3n) is 2.20. The lowest BCUT2D eigenvalue weighted by Crippen LogP contribution is -2.01. The van der Waals surface area contributed by atoms with Crippen LogP contribution in [0.4, 0.5) is 8.78 Å². The van der Waals surface area contributed by atoms with Crippen LogP contribution < -0.4 is 0 Å². The lowest BCUT2D eigenvalue weighted by molar-refractivity contribution is 0.218. The average molecular weight is 295 g/mol. The molecule has 2 aromatic rings. The van der Waals surface area contributed by atoms with Gasteiger partial charge in [-0.1, -0.05) is 23.2 Å². The summed E-state index contributed by atoms with van der Waals surface area (Å²) in [4.78, 5) is 0.440. The highest BCUT2D eigenvalue weighted by molar-refractivity contribution is 7.16. The Morgan fingerprint density at radius 3 is 2.41 bits per heavy atom. The van der Waals surface area contributed by atoms with Crippen molar-refractivity contribution in [3.63, 3.8) is 0 Å². The van der Waals surface area contributed by atoms with Crippen molar-refractivity contribution in [2.45, 2.75) is 6.10 Å². The standard InChI is InChI=1S/C11H6Cl2F2OS/c12-6-4-7(14)5(3-8(6)15)11(16)9-1-2-10(13)17-9/h1-4,11,16H.